The molecular weight excluding hydrogens is 218 g/mol. The van der Waals surface area contributed by atoms with E-state index in [-0.39, 0.29) is 13.0 Å². The molecule has 8 nitrogen and oxygen atoms in total. The Bertz CT molecular complexity index is 481. The van der Waals surface area contributed by atoms with Gasteiger partial charge in [-0.3, -0.25) is 9.78 Å². The number of nitrogens with zero attached hydrogens (tertiary/aromatic N) is 2. The van der Waals surface area contributed by atoms with E-state index in [1.165, 1.54) is 0 Å². The highest BCUT2D eigenvalue weighted by molar-refractivity contribution is 4.81. The molecular formula is C8H11N3O5. The quantitative estimate of drug-likeness (QED) is 0.519. The number of aromatic amines is 1. The first-order chi connectivity index (χ1) is 7.61. The third-order valence-corrected chi connectivity index (χ3v) is 2.39. The molecule has 0 radical (unpaired) electrons. The molecule has 2 rings (SSSR count). The van der Waals surface area contributed by atoms with E-state index in [0.29, 0.717) is 0 Å². The summed E-state index contributed by atoms with van der Waals surface area (Å²) in [5.74, 6) is 0. The second-order valence-corrected chi connectivity index (χ2v) is 3.50. The van der Waals surface area contributed by atoms with Gasteiger partial charge in [0.15, 0.2) is 6.23 Å². The highest BCUT2D eigenvalue weighted by atomic mass is 16.5. The number of H-pyrrole nitrogens is 1. The lowest BCUT2D eigenvalue weighted by Crippen LogP contribution is -2.34. The summed E-state index contributed by atoms with van der Waals surface area (Å²) in [6.45, 7) is -0.338. The molecule has 8 heteroatoms. The summed E-state index contributed by atoms with van der Waals surface area (Å²) in [5.41, 5.74) is -1.30. The maximum absolute atomic E-state index is 11.3. The van der Waals surface area contributed by atoms with Crippen LogP contribution in [0.2, 0.25) is 0 Å². The van der Waals surface area contributed by atoms with Crippen LogP contribution in [-0.4, -0.2) is 43.8 Å². The third-order valence-electron chi connectivity index (χ3n) is 2.39. The normalized spacial score (nSPS) is 29.5. The van der Waals surface area contributed by atoms with E-state index in [1.807, 2.05) is 4.98 Å². The average molecular weight is 229 g/mol. The van der Waals surface area contributed by atoms with Gasteiger partial charge in [0.2, 0.25) is 0 Å². The SMILES string of the molecule is O=c1cnn([C@H]2C[C@@H](O)C(CO)O2)c(=O)[nH]1. The zero-order chi connectivity index (χ0) is 11.7. The molecule has 1 aromatic rings. The highest BCUT2D eigenvalue weighted by Gasteiger charge is 2.35. The molecule has 1 fully saturated rings. The lowest BCUT2D eigenvalue weighted by Gasteiger charge is -2.12. The van der Waals surface area contributed by atoms with Crippen LogP contribution in [0.3, 0.4) is 0 Å². The van der Waals surface area contributed by atoms with E-state index in [2.05, 4.69) is 5.10 Å². The van der Waals surface area contributed by atoms with E-state index < -0.39 is 29.7 Å². The molecule has 0 saturated carbocycles. The van der Waals surface area contributed by atoms with Crippen LogP contribution < -0.4 is 11.2 Å². The molecule has 16 heavy (non-hydrogen) atoms. The summed E-state index contributed by atoms with van der Waals surface area (Å²) < 4.78 is 6.14. The molecule has 1 aliphatic heterocycles. The van der Waals surface area contributed by atoms with Crippen LogP contribution in [0.1, 0.15) is 12.6 Å². The van der Waals surface area contributed by atoms with E-state index in [1.54, 1.807) is 0 Å². The van der Waals surface area contributed by atoms with Gasteiger partial charge in [0, 0.05) is 6.42 Å². The number of rotatable bonds is 2. The number of ether oxygens (including phenoxy) is 1. The summed E-state index contributed by atoms with van der Waals surface area (Å²) in [5, 5.41) is 21.9. The zero-order valence-electron chi connectivity index (χ0n) is 8.24. The summed E-state index contributed by atoms with van der Waals surface area (Å²) in [6, 6.07) is 0. The maximum atomic E-state index is 11.3. The van der Waals surface area contributed by atoms with Crippen molar-refractivity contribution in [1.29, 1.82) is 0 Å². The van der Waals surface area contributed by atoms with Crippen LogP contribution in [0.25, 0.3) is 0 Å². The van der Waals surface area contributed by atoms with Crippen LogP contribution in [0.4, 0.5) is 0 Å². The first-order valence-corrected chi connectivity index (χ1v) is 4.74. The molecule has 0 aliphatic carbocycles. The van der Waals surface area contributed by atoms with Crippen molar-refractivity contribution in [3.8, 4) is 0 Å². The second kappa shape index (κ2) is 4.16. The van der Waals surface area contributed by atoms with Gasteiger partial charge in [0.1, 0.15) is 12.3 Å². The Morgan fingerprint density at radius 2 is 2.38 bits per heavy atom. The summed E-state index contributed by atoms with van der Waals surface area (Å²) in [6.07, 6.45) is -1.26. The van der Waals surface area contributed by atoms with E-state index in [4.69, 9.17) is 9.84 Å². The fourth-order valence-corrected chi connectivity index (χ4v) is 1.60. The molecule has 0 amide bonds. The maximum Gasteiger partial charge on any atom is 0.347 e. The molecule has 0 aromatic carbocycles. The van der Waals surface area contributed by atoms with Crippen molar-refractivity contribution in [1.82, 2.24) is 14.8 Å². The van der Waals surface area contributed by atoms with E-state index in [9.17, 15) is 14.7 Å². The highest BCUT2D eigenvalue weighted by Crippen LogP contribution is 2.26. The minimum absolute atomic E-state index is 0.143. The topological polar surface area (TPSA) is 117 Å². The molecule has 0 spiro atoms. The number of hydrogen-bond acceptors (Lipinski definition) is 6. The Balaban J connectivity index is 2.27. The van der Waals surface area contributed by atoms with Crippen molar-refractivity contribution < 1.29 is 14.9 Å². The van der Waals surface area contributed by atoms with Crippen molar-refractivity contribution in [2.45, 2.75) is 24.9 Å². The Hall–Kier alpha value is -1.51. The zero-order valence-corrected chi connectivity index (χ0v) is 8.24. The smallest absolute Gasteiger partial charge is 0.347 e. The second-order valence-electron chi connectivity index (χ2n) is 3.50. The minimum Gasteiger partial charge on any atom is -0.394 e. The van der Waals surface area contributed by atoms with Crippen LogP contribution in [-0.2, 0) is 4.74 Å². The lowest BCUT2D eigenvalue weighted by atomic mass is 10.2. The van der Waals surface area contributed by atoms with Crippen molar-refractivity contribution in [2.24, 2.45) is 0 Å². The standard InChI is InChI=1S/C8H11N3O5/c12-3-5-4(13)1-7(16-5)11-8(15)10-6(14)2-9-11/h2,4-5,7,12-13H,1,3H2,(H,10,14,15)/t4-,5?,7-/m1/s1. The van der Waals surface area contributed by atoms with Gasteiger partial charge < -0.3 is 14.9 Å². The molecule has 1 saturated heterocycles. The molecule has 3 N–H and O–H groups in total. The minimum atomic E-state index is -0.851. The third kappa shape index (κ3) is 1.90. The van der Waals surface area contributed by atoms with Gasteiger partial charge in [-0.2, -0.15) is 9.78 Å². The van der Waals surface area contributed by atoms with Crippen LogP contribution in [0, 0.1) is 0 Å². The van der Waals surface area contributed by atoms with E-state index in [0.717, 1.165) is 10.9 Å². The van der Waals surface area contributed by atoms with Crippen molar-refractivity contribution in [3.63, 3.8) is 0 Å². The number of aliphatic hydroxyl groups is 2. The van der Waals surface area contributed by atoms with Gasteiger partial charge in [-0.25, -0.2) is 4.79 Å². The largest absolute Gasteiger partial charge is 0.394 e. The molecule has 2 heterocycles. The van der Waals surface area contributed by atoms with Gasteiger partial charge >= 0.3 is 5.69 Å². The Kier molecular flexibility index (Phi) is 2.86. The Morgan fingerprint density at radius 1 is 1.62 bits per heavy atom. The molecule has 1 aromatic heterocycles. The van der Waals surface area contributed by atoms with Gasteiger partial charge in [0.25, 0.3) is 5.56 Å². The van der Waals surface area contributed by atoms with Crippen molar-refractivity contribution >= 4 is 0 Å². The number of aliphatic hydroxyl groups excluding tert-OH is 2. The first kappa shape index (κ1) is 11.0. The average Bonchev–Trinajstić information content (AvgIpc) is 2.59. The van der Waals surface area contributed by atoms with Crippen LogP contribution in [0.5, 0.6) is 0 Å². The predicted molar refractivity (Wildman–Crippen MR) is 50.7 cm³/mol. The van der Waals surface area contributed by atoms with Gasteiger partial charge in [-0.15, -0.1) is 0 Å². The van der Waals surface area contributed by atoms with Crippen LogP contribution >= 0.6 is 0 Å². The predicted octanol–water partition coefficient (Wildman–Crippen LogP) is -2.43. The van der Waals surface area contributed by atoms with Crippen LogP contribution in [0.15, 0.2) is 15.8 Å². The first-order valence-electron chi connectivity index (χ1n) is 4.74. The monoisotopic (exact) mass is 229 g/mol. The van der Waals surface area contributed by atoms with Gasteiger partial charge in [-0.1, -0.05) is 0 Å². The molecule has 88 valence electrons. The molecule has 0 bridgehead atoms. The summed E-state index contributed by atoms with van der Waals surface area (Å²) in [4.78, 5) is 24.2. The fourth-order valence-electron chi connectivity index (χ4n) is 1.60. The lowest BCUT2D eigenvalue weighted by molar-refractivity contribution is -0.0506. The summed E-state index contributed by atoms with van der Waals surface area (Å²) >= 11 is 0. The molecule has 1 aliphatic rings. The van der Waals surface area contributed by atoms with Crippen molar-refractivity contribution in [2.75, 3.05) is 6.61 Å². The van der Waals surface area contributed by atoms with Gasteiger partial charge in [0.05, 0.1) is 12.7 Å². The molecule has 1 unspecified atom stereocenters. The Labute approximate surface area is 89.1 Å². The van der Waals surface area contributed by atoms with Crippen molar-refractivity contribution in [3.05, 3.63) is 27.0 Å². The number of nitrogens with one attached hydrogen (secondary N) is 1. The Morgan fingerprint density at radius 3 is 2.94 bits per heavy atom. The number of aromatic nitrogens is 3. The summed E-state index contributed by atoms with van der Waals surface area (Å²) in [7, 11) is 0. The molecule has 3 atom stereocenters. The van der Waals surface area contributed by atoms with E-state index >= 15 is 0 Å². The number of hydrogen-bond donors (Lipinski definition) is 3. The van der Waals surface area contributed by atoms with Gasteiger partial charge in [-0.05, 0) is 0 Å². The fraction of sp³-hybridized carbons (Fsp3) is 0.625.